The predicted octanol–water partition coefficient (Wildman–Crippen LogP) is 3.65. The van der Waals surface area contributed by atoms with Crippen LogP contribution in [0, 0.1) is 5.82 Å². The zero-order valence-corrected chi connectivity index (χ0v) is 16.8. The highest BCUT2D eigenvalue weighted by Crippen LogP contribution is 2.30. The number of nitrogens with one attached hydrogen (secondary N) is 2. The fourth-order valence-corrected chi connectivity index (χ4v) is 3.61. The maximum Gasteiger partial charge on any atom is 0.262 e. The SMILES string of the molecule is COc1ccc(NC(=O)COc2ccccc2)cc1NS(=O)(=O)c1ccc(F)cc1. The summed E-state index contributed by atoms with van der Waals surface area (Å²) in [6.07, 6.45) is 0. The summed E-state index contributed by atoms with van der Waals surface area (Å²) in [4.78, 5) is 12.0. The summed E-state index contributed by atoms with van der Waals surface area (Å²) in [7, 11) is -2.60. The van der Waals surface area contributed by atoms with E-state index in [0.717, 1.165) is 24.3 Å². The first-order chi connectivity index (χ1) is 14.4. The molecular formula is C21H19FN2O5S. The highest BCUT2D eigenvalue weighted by Gasteiger charge is 2.17. The lowest BCUT2D eigenvalue weighted by molar-refractivity contribution is -0.118. The minimum Gasteiger partial charge on any atom is -0.495 e. The van der Waals surface area contributed by atoms with Crippen LogP contribution in [0.25, 0.3) is 0 Å². The van der Waals surface area contributed by atoms with E-state index in [1.807, 2.05) is 6.07 Å². The van der Waals surface area contributed by atoms with Crippen LogP contribution in [0.3, 0.4) is 0 Å². The van der Waals surface area contributed by atoms with Crippen molar-refractivity contribution in [3.05, 3.63) is 78.6 Å². The van der Waals surface area contributed by atoms with Crippen LogP contribution in [0.4, 0.5) is 15.8 Å². The molecule has 0 heterocycles. The number of carbonyl (C=O) groups is 1. The van der Waals surface area contributed by atoms with Gasteiger partial charge in [0.2, 0.25) is 0 Å². The first-order valence-electron chi connectivity index (χ1n) is 8.81. The smallest absolute Gasteiger partial charge is 0.262 e. The molecular weight excluding hydrogens is 411 g/mol. The van der Waals surface area contributed by atoms with E-state index < -0.39 is 21.7 Å². The maximum atomic E-state index is 13.1. The van der Waals surface area contributed by atoms with E-state index in [-0.39, 0.29) is 22.9 Å². The average molecular weight is 430 g/mol. The molecule has 0 fully saturated rings. The van der Waals surface area contributed by atoms with Crippen LogP contribution in [-0.2, 0) is 14.8 Å². The van der Waals surface area contributed by atoms with Gasteiger partial charge in [0.05, 0.1) is 17.7 Å². The summed E-state index contributed by atoms with van der Waals surface area (Å²) in [5.41, 5.74) is 0.456. The number of benzene rings is 3. The molecule has 0 saturated heterocycles. The highest BCUT2D eigenvalue weighted by atomic mass is 32.2. The molecule has 30 heavy (non-hydrogen) atoms. The zero-order chi connectivity index (χ0) is 21.6. The maximum absolute atomic E-state index is 13.1. The van der Waals surface area contributed by atoms with E-state index in [9.17, 15) is 17.6 Å². The van der Waals surface area contributed by atoms with E-state index in [2.05, 4.69) is 10.0 Å². The summed E-state index contributed by atoms with van der Waals surface area (Å²) in [6.45, 7) is -0.216. The Bertz CT molecular complexity index is 1120. The Morgan fingerprint density at radius 3 is 2.37 bits per heavy atom. The molecule has 0 aliphatic rings. The highest BCUT2D eigenvalue weighted by molar-refractivity contribution is 7.92. The summed E-state index contributed by atoms with van der Waals surface area (Å²) in [6, 6.07) is 17.8. The number of carbonyl (C=O) groups excluding carboxylic acids is 1. The molecule has 0 aliphatic heterocycles. The number of hydrogen-bond acceptors (Lipinski definition) is 5. The van der Waals surface area contributed by atoms with Crippen molar-refractivity contribution in [2.24, 2.45) is 0 Å². The quantitative estimate of drug-likeness (QED) is 0.569. The van der Waals surface area contributed by atoms with E-state index >= 15 is 0 Å². The van der Waals surface area contributed by atoms with Crippen molar-refractivity contribution >= 4 is 27.3 Å². The number of para-hydroxylation sites is 1. The first kappa shape index (κ1) is 21.1. The fraction of sp³-hybridized carbons (Fsp3) is 0.0952. The molecule has 0 aliphatic carbocycles. The number of hydrogen-bond donors (Lipinski definition) is 2. The van der Waals surface area contributed by atoms with Gasteiger partial charge >= 0.3 is 0 Å². The van der Waals surface area contributed by atoms with Crippen molar-refractivity contribution in [1.82, 2.24) is 0 Å². The van der Waals surface area contributed by atoms with E-state index in [1.165, 1.54) is 19.2 Å². The minimum absolute atomic E-state index is 0.114. The van der Waals surface area contributed by atoms with Crippen LogP contribution in [0.1, 0.15) is 0 Å². The molecule has 3 rings (SSSR count). The number of ether oxygens (including phenoxy) is 2. The van der Waals surface area contributed by atoms with Gasteiger partial charge in [-0.3, -0.25) is 9.52 Å². The second-order valence-electron chi connectivity index (χ2n) is 6.12. The first-order valence-corrected chi connectivity index (χ1v) is 10.3. The lowest BCUT2D eigenvalue weighted by Crippen LogP contribution is -2.20. The molecule has 0 bridgehead atoms. The second kappa shape index (κ2) is 9.27. The van der Waals surface area contributed by atoms with Gasteiger partial charge in [-0.2, -0.15) is 0 Å². The van der Waals surface area contributed by atoms with Gasteiger partial charge in [0.15, 0.2) is 6.61 Å². The Kier molecular flexibility index (Phi) is 6.53. The third kappa shape index (κ3) is 5.48. The van der Waals surface area contributed by atoms with Crippen LogP contribution < -0.4 is 19.5 Å². The predicted molar refractivity (Wildman–Crippen MR) is 111 cm³/mol. The van der Waals surface area contributed by atoms with Gasteiger partial charge in [0, 0.05) is 5.69 Å². The molecule has 3 aromatic rings. The molecule has 0 unspecified atom stereocenters. The van der Waals surface area contributed by atoms with Crippen LogP contribution in [0.15, 0.2) is 77.7 Å². The Labute approximate surface area is 173 Å². The summed E-state index contributed by atoms with van der Waals surface area (Å²) in [5, 5.41) is 2.63. The van der Waals surface area contributed by atoms with Crippen molar-refractivity contribution in [1.29, 1.82) is 0 Å². The van der Waals surface area contributed by atoms with Crippen LogP contribution in [-0.4, -0.2) is 28.0 Å². The van der Waals surface area contributed by atoms with E-state index in [0.29, 0.717) is 11.4 Å². The molecule has 2 N–H and O–H groups in total. The molecule has 0 atom stereocenters. The molecule has 3 aromatic carbocycles. The number of halogens is 1. The molecule has 0 aromatic heterocycles. The largest absolute Gasteiger partial charge is 0.495 e. The Morgan fingerprint density at radius 1 is 1.00 bits per heavy atom. The summed E-state index contributed by atoms with van der Waals surface area (Å²) < 4.78 is 51.2. The Morgan fingerprint density at radius 2 is 1.70 bits per heavy atom. The fourth-order valence-electron chi connectivity index (χ4n) is 2.55. The topological polar surface area (TPSA) is 93.7 Å². The van der Waals surface area contributed by atoms with E-state index in [4.69, 9.17) is 9.47 Å². The van der Waals surface area contributed by atoms with Gasteiger partial charge in [0.25, 0.3) is 15.9 Å². The van der Waals surface area contributed by atoms with Crippen molar-refractivity contribution in [2.45, 2.75) is 4.90 Å². The molecule has 1 amide bonds. The number of methoxy groups -OCH3 is 1. The van der Waals surface area contributed by atoms with Gasteiger partial charge in [-0.25, -0.2) is 12.8 Å². The summed E-state index contributed by atoms with van der Waals surface area (Å²) >= 11 is 0. The Balaban J connectivity index is 1.73. The number of sulfonamides is 1. The van der Waals surface area contributed by atoms with Crippen LogP contribution in [0.2, 0.25) is 0 Å². The average Bonchev–Trinajstić information content (AvgIpc) is 2.73. The van der Waals surface area contributed by atoms with Gasteiger partial charge in [-0.05, 0) is 54.6 Å². The molecule has 156 valence electrons. The van der Waals surface area contributed by atoms with Crippen molar-refractivity contribution in [2.75, 3.05) is 23.8 Å². The zero-order valence-electron chi connectivity index (χ0n) is 16.0. The third-order valence-electron chi connectivity index (χ3n) is 3.96. The van der Waals surface area contributed by atoms with Crippen molar-refractivity contribution < 1.29 is 27.1 Å². The van der Waals surface area contributed by atoms with Gasteiger partial charge in [-0.1, -0.05) is 18.2 Å². The van der Waals surface area contributed by atoms with Gasteiger partial charge in [-0.15, -0.1) is 0 Å². The molecule has 7 nitrogen and oxygen atoms in total. The molecule has 0 saturated carbocycles. The lowest BCUT2D eigenvalue weighted by Gasteiger charge is -2.14. The van der Waals surface area contributed by atoms with Crippen LogP contribution >= 0.6 is 0 Å². The number of rotatable bonds is 8. The normalized spacial score (nSPS) is 10.9. The molecule has 9 heteroatoms. The summed E-state index contributed by atoms with van der Waals surface area (Å²) in [5.74, 6) is -0.167. The molecule has 0 spiro atoms. The lowest BCUT2D eigenvalue weighted by atomic mass is 10.2. The second-order valence-corrected chi connectivity index (χ2v) is 7.81. The van der Waals surface area contributed by atoms with Gasteiger partial charge < -0.3 is 14.8 Å². The minimum atomic E-state index is -3.99. The standard InChI is InChI=1S/C21H19FN2O5S/c1-28-20-12-9-16(23-21(25)14-29-17-5-3-2-4-6-17)13-19(20)24-30(26,27)18-10-7-15(22)8-11-18/h2-13,24H,14H2,1H3,(H,23,25). The Hall–Kier alpha value is -3.59. The van der Waals surface area contributed by atoms with E-state index in [1.54, 1.807) is 30.3 Å². The van der Waals surface area contributed by atoms with Crippen molar-refractivity contribution in [3.8, 4) is 11.5 Å². The van der Waals surface area contributed by atoms with Crippen molar-refractivity contribution in [3.63, 3.8) is 0 Å². The number of anilines is 2. The molecule has 0 radical (unpaired) electrons. The van der Waals surface area contributed by atoms with Crippen LogP contribution in [0.5, 0.6) is 11.5 Å². The number of amides is 1. The third-order valence-corrected chi connectivity index (χ3v) is 5.35. The van der Waals surface area contributed by atoms with Gasteiger partial charge in [0.1, 0.15) is 17.3 Å². The monoisotopic (exact) mass is 430 g/mol.